The number of ether oxygens (including phenoxy) is 2. The van der Waals surface area contributed by atoms with Crippen LogP contribution in [0.5, 0.6) is 5.75 Å². The number of rotatable bonds is 7. The summed E-state index contributed by atoms with van der Waals surface area (Å²) in [7, 11) is 3.24. The number of thiophene rings is 1. The number of benzene rings is 2. The van der Waals surface area contributed by atoms with Crippen LogP contribution < -0.4 is 10.1 Å². The number of carbonyl (C=O) groups excluding carboxylic acids is 1. The number of nitrogens with one attached hydrogen (secondary N) is 1. The summed E-state index contributed by atoms with van der Waals surface area (Å²) in [6.07, 6.45) is 0.903. The summed E-state index contributed by atoms with van der Waals surface area (Å²) in [5, 5.41) is 5.58. The Kier molecular flexibility index (Phi) is 7.96. The lowest BCUT2D eigenvalue weighted by molar-refractivity contribution is -0.137. The number of methoxy groups -OCH3 is 2. The highest BCUT2D eigenvalue weighted by molar-refractivity contribution is 7.10. The summed E-state index contributed by atoms with van der Waals surface area (Å²) in [6.45, 7) is 1.56. The molecule has 1 unspecified atom stereocenters. The van der Waals surface area contributed by atoms with E-state index in [0.717, 1.165) is 36.5 Å². The molecule has 2 heterocycles. The maximum absolute atomic E-state index is 12.7. The van der Waals surface area contributed by atoms with Crippen LogP contribution in [0.1, 0.15) is 27.6 Å². The highest BCUT2D eigenvalue weighted by Crippen LogP contribution is 2.38. The molecule has 0 saturated carbocycles. The molecule has 5 nitrogen and oxygen atoms in total. The number of amides is 1. The van der Waals surface area contributed by atoms with Crippen molar-refractivity contribution in [1.82, 2.24) is 4.90 Å². The van der Waals surface area contributed by atoms with Gasteiger partial charge in [0.2, 0.25) is 5.91 Å². The molecule has 1 aliphatic rings. The summed E-state index contributed by atoms with van der Waals surface area (Å²) >= 11 is 1.77. The molecule has 2 aromatic carbocycles. The topological polar surface area (TPSA) is 50.8 Å². The number of carbonyl (C=O) groups is 1. The Balaban J connectivity index is 0.00000272. The van der Waals surface area contributed by atoms with E-state index in [4.69, 9.17) is 9.47 Å². The molecular weight excluding hydrogens is 432 g/mol. The third kappa shape index (κ3) is 5.21. The average Bonchev–Trinajstić information content (AvgIpc) is 3.27. The summed E-state index contributed by atoms with van der Waals surface area (Å²) in [4.78, 5) is 16.0. The molecule has 1 amide bonds. The van der Waals surface area contributed by atoms with Crippen LogP contribution in [0.15, 0.2) is 60.0 Å². The highest BCUT2D eigenvalue weighted by atomic mass is 35.5. The number of halogens is 1. The number of hydrogen-bond donors (Lipinski definition) is 1. The van der Waals surface area contributed by atoms with Gasteiger partial charge >= 0.3 is 0 Å². The zero-order chi connectivity index (χ0) is 20.9. The van der Waals surface area contributed by atoms with Gasteiger partial charge in [-0.1, -0.05) is 24.3 Å². The standard InChI is InChI=1S/C24H26N2O3S.ClH/c1-28-16-23(27)26-13-11-22-21(12-14-30-22)24(26)18-5-7-19(8-6-18)25-15-17-3-9-20(29-2)10-4-17;/h3-10,12,14,24-25H,11,13,15-16H2,1-2H3;1H. The highest BCUT2D eigenvalue weighted by Gasteiger charge is 2.32. The molecule has 0 radical (unpaired) electrons. The smallest absolute Gasteiger partial charge is 0.249 e. The minimum Gasteiger partial charge on any atom is -0.497 e. The van der Waals surface area contributed by atoms with Crippen molar-refractivity contribution < 1.29 is 14.3 Å². The van der Waals surface area contributed by atoms with E-state index in [-0.39, 0.29) is 31.0 Å². The maximum Gasteiger partial charge on any atom is 0.249 e. The molecule has 0 spiro atoms. The van der Waals surface area contributed by atoms with E-state index < -0.39 is 0 Å². The largest absolute Gasteiger partial charge is 0.497 e. The molecule has 3 aromatic rings. The van der Waals surface area contributed by atoms with Gasteiger partial charge in [-0.05, 0) is 58.8 Å². The van der Waals surface area contributed by atoms with Crippen LogP contribution in [0.2, 0.25) is 0 Å². The summed E-state index contributed by atoms with van der Waals surface area (Å²) in [5.74, 6) is 0.886. The Labute approximate surface area is 193 Å². The number of fused-ring (bicyclic) bond motifs is 1. The first kappa shape index (κ1) is 23.1. The van der Waals surface area contributed by atoms with Gasteiger partial charge in [0.15, 0.2) is 0 Å². The predicted octanol–water partition coefficient (Wildman–Crippen LogP) is 4.91. The Hall–Kier alpha value is -2.54. The second-order valence-electron chi connectivity index (χ2n) is 7.30. The molecule has 0 fully saturated rings. The van der Waals surface area contributed by atoms with Gasteiger partial charge in [-0.3, -0.25) is 4.79 Å². The van der Waals surface area contributed by atoms with Crippen LogP contribution in [-0.4, -0.2) is 38.2 Å². The third-order valence-corrected chi connectivity index (χ3v) is 6.43. The zero-order valence-electron chi connectivity index (χ0n) is 17.7. The predicted molar refractivity (Wildman–Crippen MR) is 127 cm³/mol. The van der Waals surface area contributed by atoms with E-state index >= 15 is 0 Å². The van der Waals surface area contributed by atoms with E-state index in [0.29, 0.717) is 0 Å². The second kappa shape index (κ2) is 10.7. The number of hydrogen-bond acceptors (Lipinski definition) is 5. The molecule has 0 saturated heterocycles. The first-order valence-electron chi connectivity index (χ1n) is 10.0. The lowest BCUT2D eigenvalue weighted by Gasteiger charge is -2.36. The van der Waals surface area contributed by atoms with Crippen LogP contribution in [0.25, 0.3) is 0 Å². The van der Waals surface area contributed by atoms with Crippen molar-refractivity contribution in [2.24, 2.45) is 0 Å². The Morgan fingerprint density at radius 2 is 1.84 bits per heavy atom. The van der Waals surface area contributed by atoms with Crippen molar-refractivity contribution in [2.45, 2.75) is 19.0 Å². The Bertz CT molecular complexity index is 989. The number of anilines is 1. The van der Waals surface area contributed by atoms with Crippen LogP contribution >= 0.6 is 23.7 Å². The summed E-state index contributed by atoms with van der Waals surface area (Å²) in [6, 6.07) is 18.5. The van der Waals surface area contributed by atoms with E-state index in [1.807, 2.05) is 17.0 Å². The van der Waals surface area contributed by atoms with E-state index in [2.05, 4.69) is 53.2 Å². The average molecular weight is 459 g/mol. The first-order valence-corrected chi connectivity index (χ1v) is 10.9. The molecule has 1 aromatic heterocycles. The van der Waals surface area contributed by atoms with Crippen molar-refractivity contribution in [3.8, 4) is 5.75 Å². The van der Waals surface area contributed by atoms with Gasteiger partial charge in [0.1, 0.15) is 12.4 Å². The van der Waals surface area contributed by atoms with Gasteiger partial charge in [0, 0.05) is 30.8 Å². The van der Waals surface area contributed by atoms with Crippen LogP contribution in [0.3, 0.4) is 0 Å². The van der Waals surface area contributed by atoms with Crippen LogP contribution in [-0.2, 0) is 22.5 Å². The molecule has 31 heavy (non-hydrogen) atoms. The van der Waals surface area contributed by atoms with Crippen molar-refractivity contribution in [3.05, 3.63) is 81.5 Å². The summed E-state index contributed by atoms with van der Waals surface area (Å²) in [5.41, 5.74) is 4.58. The minimum absolute atomic E-state index is 0. The third-order valence-electron chi connectivity index (χ3n) is 5.44. The molecule has 0 bridgehead atoms. The van der Waals surface area contributed by atoms with Gasteiger partial charge < -0.3 is 19.7 Å². The van der Waals surface area contributed by atoms with Crippen molar-refractivity contribution in [1.29, 1.82) is 0 Å². The first-order chi connectivity index (χ1) is 14.7. The van der Waals surface area contributed by atoms with Gasteiger partial charge in [-0.25, -0.2) is 0 Å². The molecule has 0 aliphatic carbocycles. The lowest BCUT2D eigenvalue weighted by atomic mass is 9.93. The minimum atomic E-state index is -0.0571. The van der Waals surface area contributed by atoms with Gasteiger partial charge in [0.25, 0.3) is 0 Å². The van der Waals surface area contributed by atoms with Crippen molar-refractivity contribution >= 4 is 35.3 Å². The molecular formula is C24H27ClN2O3S. The molecule has 1 atom stereocenters. The van der Waals surface area contributed by atoms with Crippen LogP contribution in [0, 0.1) is 0 Å². The lowest BCUT2D eigenvalue weighted by Crippen LogP contribution is -2.41. The normalized spacial score (nSPS) is 15.0. The van der Waals surface area contributed by atoms with E-state index in [9.17, 15) is 4.79 Å². The van der Waals surface area contributed by atoms with E-state index in [1.165, 1.54) is 16.0 Å². The zero-order valence-corrected chi connectivity index (χ0v) is 19.3. The van der Waals surface area contributed by atoms with Crippen molar-refractivity contribution in [2.75, 3.05) is 32.7 Å². The fourth-order valence-corrected chi connectivity index (χ4v) is 4.79. The maximum atomic E-state index is 12.7. The Morgan fingerprint density at radius 1 is 1.10 bits per heavy atom. The molecule has 1 aliphatic heterocycles. The molecule has 1 N–H and O–H groups in total. The fourth-order valence-electron chi connectivity index (χ4n) is 3.88. The number of nitrogens with zero attached hydrogens (tertiary/aromatic N) is 1. The quantitative estimate of drug-likeness (QED) is 0.546. The van der Waals surface area contributed by atoms with Gasteiger partial charge in [-0.15, -0.1) is 23.7 Å². The molecule has 164 valence electrons. The van der Waals surface area contributed by atoms with Gasteiger partial charge in [-0.2, -0.15) is 0 Å². The molecule has 7 heteroatoms. The Morgan fingerprint density at radius 3 is 2.52 bits per heavy atom. The second-order valence-corrected chi connectivity index (χ2v) is 8.30. The van der Waals surface area contributed by atoms with Crippen LogP contribution in [0.4, 0.5) is 5.69 Å². The monoisotopic (exact) mass is 458 g/mol. The SMILES string of the molecule is COCC(=O)N1CCc2sccc2C1c1ccc(NCc2ccc(OC)cc2)cc1.Cl. The van der Waals surface area contributed by atoms with Crippen molar-refractivity contribution in [3.63, 3.8) is 0 Å². The molecule has 4 rings (SSSR count). The fraction of sp³-hybridized carbons (Fsp3) is 0.292. The van der Waals surface area contributed by atoms with Gasteiger partial charge in [0.05, 0.1) is 13.2 Å². The summed E-state index contributed by atoms with van der Waals surface area (Å²) < 4.78 is 10.3. The van der Waals surface area contributed by atoms with E-state index in [1.54, 1.807) is 25.6 Å².